The summed E-state index contributed by atoms with van der Waals surface area (Å²) in [4.78, 5) is 0. The molecule has 0 amide bonds. The van der Waals surface area contributed by atoms with Crippen LogP contribution < -0.4 is 0 Å². The van der Waals surface area contributed by atoms with E-state index in [1.807, 2.05) is 48.1 Å². The quantitative estimate of drug-likeness (QED) is 0.0515. The van der Waals surface area contributed by atoms with E-state index in [0.29, 0.717) is 11.1 Å². The molecule has 2 rings (SSSR count). The van der Waals surface area contributed by atoms with E-state index < -0.39 is 0 Å². The Balaban J connectivity index is 0.000000823. The number of hydrogen-bond donors (Lipinski definition) is 0. The first-order valence-corrected chi connectivity index (χ1v) is 22.5. The maximum atomic E-state index is 8.83. The van der Waals surface area contributed by atoms with Gasteiger partial charge in [0.2, 0.25) is 0 Å². The van der Waals surface area contributed by atoms with E-state index in [4.69, 9.17) is 21.3 Å². The molecule has 0 saturated heterocycles. The number of hydrogen-bond acceptors (Lipinski definition) is 2. The predicted molar refractivity (Wildman–Crippen MR) is 245 cm³/mol. The molecule has 0 aliphatic rings. The Bertz CT molecular complexity index is 1270. The van der Waals surface area contributed by atoms with Crippen molar-refractivity contribution in [3.8, 4) is 23.3 Å². The lowest BCUT2D eigenvalue weighted by atomic mass is 9.99. The van der Waals surface area contributed by atoms with Gasteiger partial charge in [0.15, 0.2) is 0 Å². The van der Waals surface area contributed by atoms with Gasteiger partial charge in [0.05, 0.1) is 63.5 Å². The molecule has 0 aliphatic heterocycles. The van der Waals surface area contributed by atoms with Crippen molar-refractivity contribution in [3.05, 3.63) is 70.5 Å². The van der Waals surface area contributed by atoms with Gasteiger partial charge in [-0.1, -0.05) is 155 Å². The minimum atomic E-state index is 0.0733. The molecule has 0 unspecified atom stereocenters. The lowest BCUT2D eigenvalue weighted by Gasteiger charge is -2.39. The highest BCUT2D eigenvalue weighted by atomic mass is 15.4. The van der Waals surface area contributed by atoms with Crippen LogP contribution in [0.4, 0.5) is 0 Å². The molecule has 0 aliphatic carbocycles. The highest BCUT2D eigenvalue weighted by molar-refractivity contribution is 5.99. The normalized spacial score (nSPS) is 10.8. The van der Waals surface area contributed by atoms with Crippen molar-refractivity contribution in [2.24, 2.45) is 0 Å². The smallest absolute Gasteiger partial charge is 0.106 e. The number of quaternary nitrogens is 2. The van der Waals surface area contributed by atoms with Crippen LogP contribution in [0.1, 0.15) is 169 Å². The van der Waals surface area contributed by atoms with Crippen LogP contribution in [0.5, 0.6) is 0 Å². The molecular weight excluding hydrogens is 685 g/mol. The lowest BCUT2D eigenvalue weighted by molar-refractivity contribution is -0.929. The summed E-state index contributed by atoms with van der Waals surface area (Å²) < 4.78 is 2.84. The number of unbranched alkanes of at least 4 members (excludes halogenated alkanes) is 8. The summed E-state index contributed by atoms with van der Waals surface area (Å²) in [5.41, 5.74) is 3.14. The fraction of sp³-hybridized carbons (Fsp3) is 0.640. The van der Waals surface area contributed by atoms with Gasteiger partial charge in [-0.15, -0.1) is 0 Å². The summed E-state index contributed by atoms with van der Waals surface area (Å²) in [6.45, 7) is 30.0. The minimum Gasteiger partial charge on any atom is -0.762 e. The maximum absolute atomic E-state index is 8.83. The summed E-state index contributed by atoms with van der Waals surface area (Å²) in [6.07, 6.45) is 22.1. The van der Waals surface area contributed by atoms with Crippen LogP contribution in [0.3, 0.4) is 0 Å². The predicted octanol–water partition coefficient (Wildman–Crippen LogP) is 13.7. The second kappa shape index (κ2) is 33.4. The van der Waals surface area contributed by atoms with E-state index >= 15 is 0 Å². The zero-order valence-corrected chi connectivity index (χ0v) is 37.3. The van der Waals surface area contributed by atoms with Crippen molar-refractivity contribution in [1.29, 1.82) is 10.5 Å². The van der Waals surface area contributed by atoms with Gasteiger partial charge in [0.25, 0.3) is 0 Å². The van der Waals surface area contributed by atoms with Gasteiger partial charge in [-0.2, -0.15) is 10.5 Å². The molecule has 0 aromatic heterocycles. The standard InChI is InChI=1S/C18H8N4.2C16H36N/c19-9-17(10-20)15-5-1-13(2-6-15)14-3-7-16(8-4-14)18(11-21)12-22;2*1-5-9-13-17(14-10-6-2,15-11-7-3)16-12-8-4/h1-8H;2*5-16H2,1-4H3/q-2;2*+1. The number of nitrogens with zero attached hydrogens (tertiary/aromatic N) is 6. The first-order valence-electron chi connectivity index (χ1n) is 22.5. The topological polar surface area (TPSA) is 92.2 Å². The van der Waals surface area contributed by atoms with Gasteiger partial charge < -0.3 is 19.8 Å². The molecule has 0 bridgehead atoms. The molecule has 0 N–H and O–H groups in total. The highest BCUT2D eigenvalue weighted by Gasteiger charge is 2.25. The monoisotopic (exact) mass is 765 g/mol. The fourth-order valence-corrected chi connectivity index (χ4v) is 7.26. The van der Waals surface area contributed by atoms with Gasteiger partial charge in [-0.25, -0.2) is 11.7 Å². The Labute approximate surface area is 345 Å². The van der Waals surface area contributed by atoms with E-state index in [9.17, 15) is 0 Å². The van der Waals surface area contributed by atoms with Crippen LogP contribution in [0.2, 0.25) is 0 Å². The van der Waals surface area contributed by atoms with E-state index in [2.05, 4.69) is 55.4 Å². The molecule has 0 radical (unpaired) electrons. The van der Waals surface area contributed by atoms with Crippen LogP contribution in [-0.2, 0) is 0 Å². The third-order valence-corrected chi connectivity index (χ3v) is 11.0. The molecule has 0 spiro atoms. The van der Waals surface area contributed by atoms with E-state index in [1.54, 1.807) is 24.3 Å². The first kappa shape index (κ1) is 52.2. The van der Waals surface area contributed by atoms with E-state index in [1.165, 1.54) is 164 Å². The molecule has 56 heavy (non-hydrogen) atoms. The summed E-state index contributed by atoms with van der Waals surface area (Å²) >= 11 is 0. The minimum absolute atomic E-state index is 0.0733. The Morgan fingerprint density at radius 1 is 0.393 bits per heavy atom. The largest absolute Gasteiger partial charge is 0.762 e. The van der Waals surface area contributed by atoms with Crippen molar-refractivity contribution in [2.75, 3.05) is 52.4 Å². The Hall–Kier alpha value is -3.76. The summed E-state index contributed by atoms with van der Waals surface area (Å²) in [7, 11) is 0. The molecule has 2 aromatic carbocycles. The summed E-state index contributed by atoms with van der Waals surface area (Å²) in [5.74, 6) is 3.70. The van der Waals surface area contributed by atoms with Crippen LogP contribution in [0.15, 0.2) is 48.5 Å². The molecule has 6 heteroatoms. The Morgan fingerprint density at radius 2 is 0.589 bits per heavy atom. The molecule has 0 saturated carbocycles. The average Bonchev–Trinajstić information content (AvgIpc) is 3.24. The fourth-order valence-electron chi connectivity index (χ4n) is 7.26. The molecule has 0 heterocycles. The third kappa shape index (κ3) is 21.0. The Kier molecular flexibility index (Phi) is 31.1. The van der Waals surface area contributed by atoms with Gasteiger partial charge in [-0.3, -0.25) is 0 Å². The first-order chi connectivity index (χ1) is 27.2. The molecule has 6 nitrogen and oxygen atoms in total. The van der Waals surface area contributed by atoms with Gasteiger partial charge in [0.1, 0.15) is 12.1 Å². The van der Waals surface area contributed by atoms with E-state index in [-0.39, 0.29) is 11.1 Å². The van der Waals surface area contributed by atoms with Crippen molar-refractivity contribution < 1.29 is 8.97 Å². The molecule has 2 aromatic rings. The second-order valence-corrected chi connectivity index (χ2v) is 15.7. The summed E-state index contributed by atoms with van der Waals surface area (Å²) in [5, 5.41) is 35.3. The molecule has 0 atom stereocenters. The maximum Gasteiger partial charge on any atom is 0.106 e. The third-order valence-electron chi connectivity index (χ3n) is 11.0. The van der Waals surface area contributed by atoms with Crippen LogP contribution in [-0.4, -0.2) is 73.1 Å². The van der Waals surface area contributed by atoms with Crippen molar-refractivity contribution in [3.63, 3.8) is 0 Å². The van der Waals surface area contributed by atoms with Crippen molar-refractivity contribution >= 4 is 22.9 Å². The highest BCUT2D eigenvalue weighted by Crippen LogP contribution is 2.24. The number of allylic oxidation sites excluding steroid dienone is 2. The van der Waals surface area contributed by atoms with Gasteiger partial charge >= 0.3 is 0 Å². The van der Waals surface area contributed by atoms with Gasteiger partial charge in [-0.05, 0) is 73.6 Å². The number of nitriles is 2. The van der Waals surface area contributed by atoms with E-state index in [0.717, 1.165) is 11.1 Å². The lowest BCUT2D eigenvalue weighted by Crippen LogP contribution is -2.50. The molecule has 310 valence electrons. The SMILES string of the molecule is CCCC[N+](CCCC)(CCCC)CCCC.CCCC[N+](CCCC)(CCCC)CCCC.N#CC(=C=[N-])c1ccc(-c2ccc(C(=C=[N-])C#N)cc2)cc1. The van der Waals surface area contributed by atoms with Gasteiger partial charge in [0, 0.05) is 0 Å². The number of rotatable bonds is 27. The van der Waals surface area contributed by atoms with Crippen LogP contribution in [0, 0.1) is 22.7 Å². The average molecular weight is 765 g/mol. The Morgan fingerprint density at radius 3 is 0.732 bits per heavy atom. The van der Waals surface area contributed by atoms with Crippen molar-refractivity contribution in [1.82, 2.24) is 0 Å². The molecular formula is C50H80N6. The molecule has 0 fully saturated rings. The summed E-state index contributed by atoms with van der Waals surface area (Å²) in [6, 6.07) is 17.8. The number of benzene rings is 2. The van der Waals surface area contributed by atoms with Crippen LogP contribution >= 0.6 is 0 Å². The van der Waals surface area contributed by atoms with Crippen molar-refractivity contribution in [2.45, 2.75) is 158 Å². The zero-order valence-electron chi connectivity index (χ0n) is 37.3. The van der Waals surface area contributed by atoms with Crippen LogP contribution in [0.25, 0.3) is 33.1 Å². The zero-order chi connectivity index (χ0) is 41.9. The second-order valence-electron chi connectivity index (χ2n) is 15.7.